The van der Waals surface area contributed by atoms with Gasteiger partial charge in [-0.2, -0.15) is 0 Å². The van der Waals surface area contributed by atoms with Crippen LogP contribution < -0.4 is 4.90 Å². The predicted octanol–water partition coefficient (Wildman–Crippen LogP) is 2.33. The highest BCUT2D eigenvalue weighted by atomic mass is 32.2. The van der Waals surface area contributed by atoms with Crippen molar-refractivity contribution < 1.29 is 27.4 Å². The van der Waals surface area contributed by atoms with E-state index in [0.29, 0.717) is 38.3 Å². The second kappa shape index (κ2) is 8.40. The molecule has 11 heteroatoms. The molecule has 1 saturated heterocycles. The third-order valence-corrected chi connectivity index (χ3v) is 6.34. The molecule has 4 rings (SSSR count). The molecule has 32 heavy (non-hydrogen) atoms. The van der Waals surface area contributed by atoms with E-state index in [0.717, 1.165) is 17.9 Å². The number of carboxylic acid groups (broad SMARTS) is 1. The fraction of sp³-hybridized carbons (Fsp3) is 0.333. The molecule has 3 heterocycles. The van der Waals surface area contributed by atoms with Crippen LogP contribution in [0.15, 0.2) is 29.2 Å². The van der Waals surface area contributed by atoms with Crippen molar-refractivity contribution in [3.63, 3.8) is 0 Å². The number of pyridine rings is 1. The lowest BCUT2D eigenvalue weighted by Crippen LogP contribution is -2.37. The van der Waals surface area contributed by atoms with Crippen molar-refractivity contribution in [2.24, 2.45) is 0 Å². The first-order chi connectivity index (χ1) is 15.2. The normalized spacial score (nSPS) is 14.7. The summed E-state index contributed by atoms with van der Waals surface area (Å²) < 4.78 is 44.7. The molecule has 0 aliphatic carbocycles. The van der Waals surface area contributed by atoms with E-state index in [-0.39, 0.29) is 27.6 Å². The van der Waals surface area contributed by atoms with Gasteiger partial charge in [-0.05, 0) is 30.2 Å². The Labute approximate surface area is 183 Å². The van der Waals surface area contributed by atoms with E-state index in [4.69, 9.17) is 4.74 Å². The van der Waals surface area contributed by atoms with Crippen LogP contribution in [0.5, 0.6) is 0 Å². The van der Waals surface area contributed by atoms with Gasteiger partial charge < -0.3 is 14.7 Å². The first kappa shape index (κ1) is 22.0. The van der Waals surface area contributed by atoms with Crippen LogP contribution in [0, 0.1) is 5.82 Å². The molecular formula is C21H21FN4O5S. The van der Waals surface area contributed by atoms with Crippen LogP contribution in [-0.2, 0) is 21.0 Å². The maximum Gasteiger partial charge on any atom is 0.354 e. The third kappa shape index (κ3) is 4.13. The monoisotopic (exact) mass is 460 g/mol. The number of hydrogen-bond donors (Lipinski definition) is 1. The Hall–Kier alpha value is -3.18. The Bertz CT molecular complexity index is 1320. The van der Waals surface area contributed by atoms with Crippen molar-refractivity contribution in [2.45, 2.75) is 18.2 Å². The molecule has 0 radical (unpaired) electrons. The lowest BCUT2D eigenvalue weighted by atomic mass is 10.0. The van der Waals surface area contributed by atoms with Crippen molar-refractivity contribution in [2.75, 3.05) is 37.5 Å². The minimum atomic E-state index is -3.87. The molecule has 0 saturated carbocycles. The Kier molecular flexibility index (Phi) is 5.78. The van der Waals surface area contributed by atoms with Crippen LogP contribution in [0.1, 0.15) is 23.0 Å². The molecule has 0 unspecified atom stereocenters. The summed E-state index contributed by atoms with van der Waals surface area (Å²) in [6.45, 7) is 3.77. The van der Waals surface area contributed by atoms with Crippen LogP contribution in [0.25, 0.3) is 22.3 Å². The maximum atomic E-state index is 14.2. The average Bonchev–Trinajstić information content (AvgIpc) is 2.77. The van der Waals surface area contributed by atoms with Gasteiger partial charge in [0.2, 0.25) is 5.95 Å². The zero-order chi connectivity index (χ0) is 23.0. The highest BCUT2D eigenvalue weighted by Gasteiger charge is 2.25. The predicted molar refractivity (Wildman–Crippen MR) is 115 cm³/mol. The van der Waals surface area contributed by atoms with E-state index in [1.165, 1.54) is 12.1 Å². The van der Waals surface area contributed by atoms with E-state index in [1.807, 2.05) is 11.8 Å². The molecule has 1 aliphatic rings. The van der Waals surface area contributed by atoms with Gasteiger partial charge in [0.25, 0.3) is 0 Å². The minimum absolute atomic E-state index is 0.00435. The Morgan fingerprint density at radius 1 is 1.16 bits per heavy atom. The number of aromatic nitrogens is 3. The number of rotatable bonds is 5. The third-order valence-electron chi connectivity index (χ3n) is 5.23. The van der Waals surface area contributed by atoms with E-state index < -0.39 is 27.3 Å². The number of carbonyl (C=O) groups is 1. The minimum Gasteiger partial charge on any atom is -0.477 e. The lowest BCUT2D eigenvalue weighted by Gasteiger charge is -2.27. The molecular weight excluding hydrogens is 439 g/mol. The summed E-state index contributed by atoms with van der Waals surface area (Å²) in [5.41, 5.74) is 0.863. The molecule has 9 nitrogen and oxygen atoms in total. The second-order valence-electron chi connectivity index (χ2n) is 7.41. The number of ether oxygens (including phenoxy) is 1. The number of anilines is 1. The molecule has 3 aromatic rings. The number of morpholine rings is 1. The summed E-state index contributed by atoms with van der Waals surface area (Å²) in [5, 5.41) is 9.52. The Morgan fingerprint density at radius 3 is 2.50 bits per heavy atom. The number of aryl methyl sites for hydroxylation is 1. The summed E-state index contributed by atoms with van der Waals surface area (Å²) in [5.74, 6) is -1.65. The van der Waals surface area contributed by atoms with Crippen molar-refractivity contribution in [3.05, 3.63) is 41.3 Å². The van der Waals surface area contributed by atoms with Gasteiger partial charge in [0.05, 0.1) is 18.1 Å². The number of benzene rings is 1. The van der Waals surface area contributed by atoms with Crippen LogP contribution in [0.4, 0.5) is 10.3 Å². The number of hydrogen-bond acceptors (Lipinski definition) is 8. The van der Waals surface area contributed by atoms with Gasteiger partial charge >= 0.3 is 5.97 Å². The SMILES string of the molecule is CCc1ccc(F)cc1-c1nc(N2CCOCC2)nc2c(S(C)(=O)=O)cc(C(=O)O)nc12. The molecule has 1 aliphatic heterocycles. The highest BCUT2D eigenvalue weighted by Crippen LogP contribution is 2.33. The molecule has 0 atom stereocenters. The average molecular weight is 460 g/mol. The highest BCUT2D eigenvalue weighted by molar-refractivity contribution is 7.91. The zero-order valence-electron chi connectivity index (χ0n) is 17.5. The fourth-order valence-electron chi connectivity index (χ4n) is 3.63. The molecule has 0 spiro atoms. The molecule has 1 aromatic carbocycles. The molecule has 0 amide bonds. The quantitative estimate of drug-likeness (QED) is 0.611. The van der Waals surface area contributed by atoms with Gasteiger partial charge in [-0.15, -0.1) is 0 Å². The lowest BCUT2D eigenvalue weighted by molar-refractivity contribution is 0.0690. The number of halogens is 1. The molecule has 1 N–H and O–H groups in total. The van der Waals surface area contributed by atoms with Gasteiger partial charge in [0.15, 0.2) is 9.84 Å². The van der Waals surface area contributed by atoms with Gasteiger partial charge in [-0.1, -0.05) is 13.0 Å². The number of fused-ring (bicyclic) bond motifs is 1. The van der Waals surface area contributed by atoms with Crippen LogP contribution in [0.2, 0.25) is 0 Å². The van der Waals surface area contributed by atoms with Crippen molar-refractivity contribution >= 4 is 32.8 Å². The summed E-state index contributed by atoms with van der Waals surface area (Å²) in [6.07, 6.45) is 1.52. The molecule has 2 aromatic heterocycles. The van der Waals surface area contributed by atoms with E-state index >= 15 is 0 Å². The van der Waals surface area contributed by atoms with Gasteiger partial charge in [0, 0.05) is 24.9 Å². The van der Waals surface area contributed by atoms with Crippen molar-refractivity contribution in [3.8, 4) is 11.3 Å². The summed E-state index contributed by atoms with van der Waals surface area (Å²) in [6, 6.07) is 5.23. The van der Waals surface area contributed by atoms with Crippen molar-refractivity contribution in [1.82, 2.24) is 15.0 Å². The smallest absolute Gasteiger partial charge is 0.354 e. The topological polar surface area (TPSA) is 123 Å². The van der Waals surface area contributed by atoms with Gasteiger partial charge in [-0.3, -0.25) is 0 Å². The van der Waals surface area contributed by atoms with Crippen LogP contribution in [0.3, 0.4) is 0 Å². The Morgan fingerprint density at radius 2 is 1.88 bits per heavy atom. The molecule has 0 bridgehead atoms. The summed E-state index contributed by atoms with van der Waals surface area (Å²) in [7, 11) is -3.87. The standard InChI is InChI=1S/C21H21FN4O5S/c1-3-12-4-5-13(22)10-14(12)17-19-18(25-21(24-17)26-6-8-31-9-7-26)16(32(2,29)30)11-15(23-19)20(27)28/h4-5,10-11H,3,6-9H2,1-2H3,(H,27,28). The molecule has 168 valence electrons. The largest absolute Gasteiger partial charge is 0.477 e. The van der Waals surface area contributed by atoms with Crippen LogP contribution in [-0.4, -0.2) is 67.0 Å². The second-order valence-corrected chi connectivity index (χ2v) is 9.39. The summed E-state index contributed by atoms with van der Waals surface area (Å²) in [4.78, 5) is 26.5. The Balaban J connectivity index is 2.14. The maximum absolute atomic E-state index is 14.2. The summed E-state index contributed by atoms with van der Waals surface area (Å²) >= 11 is 0. The number of sulfone groups is 1. The van der Waals surface area contributed by atoms with E-state index in [9.17, 15) is 22.7 Å². The van der Waals surface area contributed by atoms with Crippen molar-refractivity contribution in [1.29, 1.82) is 0 Å². The van der Waals surface area contributed by atoms with Gasteiger partial charge in [0.1, 0.15) is 28.2 Å². The van der Waals surface area contributed by atoms with E-state index in [1.54, 1.807) is 6.07 Å². The fourth-order valence-corrected chi connectivity index (χ4v) is 4.45. The number of carboxylic acids is 1. The van der Waals surface area contributed by atoms with Crippen LogP contribution >= 0.6 is 0 Å². The molecule has 1 fully saturated rings. The number of nitrogens with zero attached hydrogens (tertiary/aromatic N) is 4. The first-order valence-corrected chi connectivity index (χ1v) is 11.9. The van der Waals surface area contributed by atoms with E-state index in [2.05, 4.69) is 15.0 Å². The zero-order valence-corrected chi connectivity index (χ0v) is 18.3. The first-order valence-electron chi connectivity index (χ1n) is 9.96. The number of aromatic carboxylic acids is 1. The van der Waals surface area contributed by atoms with Gasteiger partial charge in [-0.25, -0.2) is 32.6 Å².